The molecule has 5 heteroatoms. The van der Waals surface area contributed by atoms with Gasteiger partial charge in [0.1, 0.15) is 6.61 Å². The number of ether oxygens (including phenoxy) is 2. The summed E-state index contributed by atoms with van der Waals surface area (Å²) in [5, 5.41) is 0. The molecule has 5 nitrogen and oxygen atoms in total. The lowest BCUT2D eigenvalue weighted by Crippen LogP contribution is -2.53. The molecule has 1 atom stereocenters. The normalized spacial score (nSPS) is 19.3. The Bertz CT molecular complexity index is 446. The maximum absolute atomic E-state index is 11.9. The monoisotopic (exact) mass is 263 g/mol. The molecular formula is C14H17NO4. The van der Waals surface area contributed by atoms with Crippen molar-refractivity contribution in [3.63, 3.8) is 0 Å². The molecule has 1 saturated heterocycles. The highest BCUT2D eigenvalue weighted by atomic mass is 16.5. The number of hydrogen-bond donors (Lipinski definition) is 0. The standard InChI is InChI=1S/C14H17NO4/c1-2-19-14(17)12-9-18-10-13(16)15(12)8-11-6-4-3-5-7-11/h3-7,12H,2,8-10H2,1H3/t12-/m0/s1. The van der Waals surface area contributed by atoms with Gasteiger partial charge in [-0.2, -0.15) is 0 Å². The van der Waals surface area contributed by atoms with Crippen LogP contribution in [-0.4, -0.2) is 42.6 Å². The first kappa shape index (κ1) is 13.5. The van der Waals surface area contributed by atoms with Gasteiger partial charge < -0.3 is 14.4 Å². The van der Waals surface area contributed by atoms with Crippen molar-refractivity contribution in [1.82, 2.24) is 4.90 Å². The third-order valence-corrected chi connectivity index (χ3v) is 2.95. The summed E-state index contributed by atoms with van der Waals surface area (Å²) in [6.07, 6.45) is 0. The third-order valence-electron chi connectivity index (χ3n) is 2.95. The first-order valence-corrected chi connectivity index (χ1v) is 6.30. The van der Waals surface area contributed by atoms with Crippen LogP contribution in [0.15, 0.2) is 30.3 Å². The van der Waals surface area contributed by atoms with Gasteiger partial charge in [0.05, 0.1) is 13.2 Å². The fraction of sp³-hybridized carbons (Fsp3) is 0.429. The van der Waals surface area contributed by atoms with Crippen LogP contribution in [0.2, 0.25) is 0 Å². The Morgan fingerprint density at radius 3 is 2.84 bits per heavy atom. The summed E-state index contributed by atoms with van der Waals surface area (Å²) >= 11 is 0. The Morgan fingerprint density at radius 1 is 1.42 bits per heavy atom. The molecule has 0 N–H and O–H groups in total. The number of hydrogen-bond acceptors (Lipinski definition) is 4. The average molecular weight is 263 g/mol. The van der Waals surface area contributed by atoms with Gasteiger partial charge in [0, 0.05) is 6.54 Å². The van der Waals surface area contributed by atoms with Crippen LogP contribution in [-0.2, 0) is 25.6 Å². The molecule has 1 heterocycles. The van der Waals surface area contributed by atoms with Crippen molar-refractivity contribution < 1.29 is 19.1 Å². The Kier molecular flexibility index (Phi) is 4.52. The van der Waals surface area contributed by atoms with Gasteiger partial charge in [-0.25, -0.2) is 4.79 Å². The largest absolute Gasteiger partial charge is 0.464 e. The van der Waals surface area contributed by atoms with E-state index < -0.39 is 12.0 Å². The number of carbonyl (C=O) groups is 2. The van der Waals surface area contributed by atoms with Gasteiger partial charge in [-0.15, -0.1) is 0 Å². The molecule has 1 aromatic rings. The topological polar surface area (TPSA) is 55.8 Å². The Morgan fingerprint density at radius 2 is 2.16 bits per heavy atom. The Hall–Kier alpha value is -1.88. The molecule has 102 valence electrons. The van der Waals surface area contributed by atoms with Crippen molar-refractivity contribution >= 4 is 11.9 Å². The summed E-state index contributed by atoms with van der Waals surface area (Å²) in [7, 11) is 0. The number of carbonyl (C=O) groups excluding carboxylic acids is 2. The van der Waals surface area contributed by atoms with Crippen LogP contribution < -0.4 is 0 Å². The second-order valence-electron chi connectivity index (χ2n) is 4.29. The number of benzene rings is 1. The van der Waals surface area contributed by atoms with Gasteiger partial charge in [0.25, 0.3) is 0 Å². The van der Waals surface area contributed by atoms with Crippen molar-refractivity contribution in [1.29, 1.82) is 0 Å². The number of nitrogens with zero attached hydrogens (tertiary/aromatic N) is 1. The number of amides is 1. The van der Waals surface area contributed by atoms with Crippen LogP contribution in [0.3, 0.4) is 0 Å². The lowest BCUT2D eigenvalue weighted by Gasteiger charge is -2.33. The Labute approximate surface area is 112 Å². The molecule has 0 unspecified atom stereocenters. The van der Waals surface area contributed by atoms with Gasteiger partial charge in [-0.3, -0.25) is 4.79 Å². The predicted octanol–water partition coefficient (Wildman–Crippen LogP) is 0.977. The molecule has 0 saturated carbocycles. The van der Waals surface area contributed by atoms with Gasteiger partial charge in [0.15, 0.2) is 6.04 Å². The molecule has 1 aliphatic rings. The first-order valence-electron chi connectivity index (χ1n) is 6.30. The van der Waals surface area contributed by atoms with Crippen LogP contribution >= 0.6 is 0 Å². The summed E-state index contributed by atoms with van der Waals surface area (Å²) in [5.74, 6) is -0.598. The molecule has 0 aliphatic carbocycles. The molecule has 2 rings (SSSR count). The molecule has 0 spiro atoms. The fourth-order valence-electron chi connectivity index (χ4n) is 2.02. The predicted molar refractivity (Wildman–Crippen MR) is 68.2 cm³/mol. The molecule has 1 aromatic carbocycles. The molecule has 0 bridgehead atoms. The van der Waals surface area contributed by atoms with E-state index in [1.54, 1.807) is 6.92 Å². The van der Waals surface area contributed by atoms with E-state index in [0.29, 0.717) is 13.2 Å². The second-order valence-corrected chi connectivity index (χ2v) is 4.29. The van der Waals surface area contributed by atoms with Crippen LogP contribution in [0.4, 0.5) is 0 Å². The highest BCUT2D eigenvalue weighted by Crippen LogP contribution is 2.14. The SMILES string of the molecule is CCOC(=O)[C@@H]1COCC(=O)N1Cc1ccccc1. The zero-order valence-corrected chi connectivity index (χ0v) is 10.9. The smallest absolute Gasteiger partial charge is 0.331 e. The van der Waals surface area contributed by atoms with Gasteiger partial charge in [0.2, 0.25) is 5.91 Å². The summed E-state index contributed by atoms with van der Waals surface area (Å²) in [4.78, 5) is 25.3. The van der Waals surface area contributed by atoms with Crippen LogP contribution in [0.25, 0.3) is 0 Å². The highest BCUT2D eigenvalue weighted by molar-refractivity contribution is 5.86. The van der Waals surface area contributed by atoms with E-state index in [0.717, 1.165) is 5.56 Å². The highest BCUT2D eigenvalue weighted by Gasteiger charge is 2.34. The maximum Gasteiger partial charge on any atom is 0.331 e. The van der Waals surface area contributed by atoms with Crippen LogP contribution in [0, 0.1) is 0 Å². The van der Waals surface area contributed by atoms with E-state index >= 15 is 0 Å². The minimum atomic E-state index is -0.651. The molecular weight excluding hydrogens is 246 g/mol. The van der Waals surface area contributed by atoms with E-state index in [2.05, 4.69) is 0 Å². The summed E-state index contributed by atoms with van der Waals surface area (Å²) < 4.78 is 10.1. The lowest BCUT2D eigenvalue weighted by molar-refractivity contribution is -0.167. The quantitative estimate of drug-likeness (QED) is 0.760. The van der Waals surface area contributed by atoms with Gasteiger partial charge in [-0.1, -0.05) is 30.3 Å². The summed E-state index contributed by atoms with van der Waals surface area (Å²) in [5.41, 5.74) is 0.979. The average Bonchev–Trinajstić information content (AvgIpc) is 2.42. The van der Waals surface area contributed by atoms with Gasteiger partial charge >= 0.3 is 5.97 Å². The maximum atomic E-state index is 11.9. The Balaban J connectivity index is 2.12. The number of esters is 1. The van der Waals surface area contributed by atoms with Crippen LogP contribution in [0.5, 0.6) is 0 Å². The van der Waals surface area contributed by atoms with Crippen molar-refractivity contribution in [3.05, 3.63) is 35.9 Å². The second kappa shape index (κ2) is 6.33. The minimum Gasteiger partial charge on any atom is -0.464 e. The van der Waals surface area contributed by atoms with Crippen molar-refractivity contribution in [2.75, 3.05) is 19.8 Å². The fourth-order valence-corrected chi connectivity index (χ4v) is 2.02. The molecule has 1 fully saturated rings. The van der Waals surface area contributed by atoms with Crippen molar-refractivity contribution in [2.24, 2.45) is 0 Å². The zero-order valence-electron chi connectivity index (χ0n) is 10.9. The van der Waals surface area contributed by atoms with Crippen molar-refractivity contribution in [2.45, 2.75) is 19.5 Å². The number of morpholine rings is 1. The summed E-state index contributed by atoms with van der Waals surface area (Å²) in [6, 6.07) is 8.91. The summed E-state index contributed by atoms with van der Waals surface area (Å²) in [6.45, 7) is 2.64. The lowest BCUT2D eigenvalue weighted by atomic mass is 10.1. The third kappa shape index (κ3) is 3.32. The number of rotatable bonds is 4. The zero-order chi connectivity index (χ0) is 13.7. The van der Waals surface area contributed by atoms with Crippen LogP contribution in [0.1, 0.15) is 12.5 Å². The molecule has 1 aliphatic heterocycles. The molecule has 0 radical (unpaired) electrons. The van der Waals surface area contributed by atoms with E-state index in [1.165, 1.54) is 4.90 Å². The van der Waals surface area contributed by atoms with E-state index in [1.807, 2.05) is 30.3 Å². The van der Waals surface area contributed by atoms with E-state index in [-0.39, 0.29) is 19.1 Å². The van der Waals surface area contributed by atoms with E-state index in [9.17, 15) is 9.59 Å². The first-order chi connectivity index (χ1) is 9.22. The molecule has 0 aromatic heterocycles. The minimum absolute atomic E-state index is 0.0166. The van der Waals surface area contributed by atoms with Gasteiger partial charge in [-0.05, 0) is 12.5 Å². The molecule has 1 amide bonds. The van der Waals surface area contributed by atoms with Crippen molar-refractivity contribution in [3.8, 4) is 0 Å². The molecule has 19 heavy (non-hydrogen) atoms. The van der Waals surface area contributed by atoms with E-state index in [4.69, 9.17) is 9.47 Å².